The lowest BCUT2D eigenvalue weighted by molar-refractivity contribution is -0.153. The van der Waals surface area contributed by atoms with Crippen molar-refractivity contribution >= 4 is 61.7 Å². The van der Waals surface area contributed by atoms with Gasteiger partial charge in [-0.05, 0) is 13.8 Å². The van der Waals surface area contributed by atoms with Crippen LogP contribution in [0.2, 0.25) is 0 Å². The first-order chi connectivity index (χ1) is 33.4. The van der Waals surface area contributed by atoms with Crippen LogP contribution in [-0.4, -0.2) is 124 Å². The third-order valence-electron chi connectivity index (χ3n) is 11.3. The molecule has 0 radical (unpaired) electrons. The number of fused-ring (bicyclic) bond motifs is 4. The summed E-state index contributed by atoms with van der Waals surface area (Å²) in [7, 11) is -10.8. The minimum atomic E-state index is -5.41. The summed E-state index contributed by atoms with van der Waals surface area (Å²) >= 11 is 0. The minimum absolute atomic E-state index is 0.127. The van der Waals surface area contributed by atoms with Gasteiger partial charge in [0.25, 0.3) is 0 Å². The highest BCUT2D eigenvalue weighted by Gasteiger charge is 2.56. The van der Waals surface area contributed by atoms with E-state index in [9.17, 15) is 28.5 Å². The van der Waals surface area contributed by atoms with Gasteiger partial charge in [0, 0.05) is 24.2 Å². The number of imidazole rings is 2. The summed E-state index contributed by atoms with van der Waals surface area (Å²) in [4.78, 5) is 72.2. The first-order valence-corrected chi connectivity index (χ1v) is 24.5. The van der Waals surface area contributed by atoms with Crippen LogP contribution >= 0.6 is 15.6 Å². The number of hydrogen-bond acceptors (Lipinski definition) is 19. The number of phosphoric ester groups is 2. The molecule has 8 heterocycles. The highest BCUT2D eigenvalue weighted by Crippen LogP contribution is 2.61. The van der Waals surface area contributed by atoms with E-state index in [-0.39, 0.29) is 34.0 Å². The Labute approximate surface area is 390 Å². The Balaban J connectivity index is 0.832. The Morgan fingerprint density at radius 1 is 0.594 bits per heavy atom. The third-order valence-corrected chi connectivity index (χ3v) is 13.9. The molecule has 4 aliphatic rings. The lowest BCUT2D eigenvalue weighted by Gasteiger charge is -2.23. The predicted octanol–water partition coefficient (Wildman–Crippen LogP) is 3.96. The molecule has 10 rings (SSSR count). The van der Waals surface area contributed by atoms with Gasteiger partial charge >= 0.3 is 27.7 Å². The second kappa shape index (κ2) is 19.5. The van der Waals surface area contributed by atoms with Crippen LogP contribution in [0.1, 0.15) is 50.0 Å². The molecule has 29 heteroatoms. The summed E-state index contributed by atoms with van der Waals surface area (Å²) in [6, 6.07) is 17.0. The zero-order valence-electron chi connectivity index (χ0n) is 36.4. The summed E-state index contributed by atoms with van der Waals surface area (Å²) in [6.07, 6.45) is -4.39. The third kappa shape index (κ3) is 9.70. The first-order valence-electron chi connectivity index (χ1n) is 21.5. The largest absolute Gasteiger partial charge is 0.481 e. The maximum absolute atomic E-state index is 13.4. The highest BCUT2D eigenvalue weighted by molar-refractivity contribution is 7.61. The maximum Gasteiger partial charge on any atom is 0.481 e. The van der Waals surface area contributed by atoms with E-state index in [0.29, 0.717) is 24.2 Å². The Kier molecular flexibility index (Phi) is 13.2. The van der Waals surface area contributed by atoms with Gasteiger partial charge in [0.15, 0.2) is 59.0 Å². The molecule has 12 atom stereocenters. The zero-order valence-corrected chi connectivity index (χ0v) is 38.1. The fourth-order valence-corrected chi connectivity index (χ4v) is 10.4. The molecule has 4 amide bonds. The summed E-state index contributed by atoms with van der Waals surface area (Å²) < 4.78 is 83.1. The van der Waals surface area contributed by atoms with Crippen LogP contribution in [0.3, 0.4) is 0 Å². The van der Waals surface area contributed by atoms with E-state index >= 15 is 0 Å². The van der Waals surface area contributed by atoms with Crippen molar-refractivity contribution in [3.8, 4) is 0 Å². The number of urea groups is 2. The number of nitrogens with one attached hydrogen (secondary N) is 4. The molecule has 0 aliphatic carbocycles. The van der Waals surface area contributed by atoms with Crippen molar-refractivity contribution in [2.24, 2.45) is 0 Å². The van der Waals surface area contributed by atoms with Crippen LogP contribution in [-0.2, 0) is 50.9 Å². The number of anilines is 2. The number of benzene rings is 2. The second-order valence-electron chi connectivity index (χ2n) is 15.7. The van der Waals surface area contributed by atoms with Crippen LogP contribution in [0.15, 0.2) is 86.0 Å². The molecule has 0 bridgehead atoms. The van der Waals surface area contributed by atoms with Crippen molar-refractivity contribution in [2.75, 3.05) is 36.9 Å². The average molecular weight is 995 g/mol. The SMILES string of the molecule is CCNC(=O)Nc1ncnc2c1ncn2[C@@H]1O[C@H](COP(=O)(O)OP(=O)(O)OC[C@H]2O[C@@H](n3cnc4c(NC(=O)NCC)ncnc43)[C@H]3O[C@@H](c4ccccc4)OC23)C2O[C@@H](c3ccccc3)OC21. The predicted molar refractivity (Wildman–Crippen MR) is 234 cm³/mol. The van der Waals surface area contributed by atoms with Crippen LogP contribution < -0.4 is 21.3 Å². The number of ether oxygens (including phenoxy) is 6. The van der Waals surface area contributed by atoms with Gasteiger partial charge in [-0.1, -0.05) is 60.7 Å². The van der Waals surface area contributed by atoms with Crippen molar-refractivity contribution in [3.63, 3.8) is 0 Å². The quantitative estimate of drug-likeness (QED) is 0.0747. The molecule has 27 nitrogen and oxygen atoms in total. The van der Waals surface area contributed by atoms with Gasteiger partial charge in [0.05, 0.1) is 25.9 Å². The zero-order chi connectivity index (χ0) is 47.9. The van der Waals surface area contributed by atoms with Gasteiger partial charge in [0.2, 0.25) is 0 Å². The second-order valence-corrected chi connectivity index (χ2v) is 18.7. The lowest BCUT2D eigenvalue weighted by atomic mass is 10.1. The standard InChI is InChI=1S/C40H44N12O15P2/c1-3-41-39(53)49-31-25-33(45-17-43-31)51(19-47-25)35-29-27(63-37(65-29)21-11-7-5-8-12-21)23(61-35)15-59-68(55,56)67-69(57,58)60-16-24-28-30(66-38(64-28)22-13-9-6-10-14-22)36(62-24)52-20-48-26-32(44-18-46-34(26)52)50-40(54)42-4-2/h5-14,17-20,23-24,27-30,35-38H,3-4,15-16H2,1-2H3,(H,55,56)(H,57,58)(H2,41,43,45,49,53)(H2,42,44,46,50,54)/t23-,24-,27?,28?,29+,30?,35-,36-,37+,38-/m1/s1. The van der Waals surface area contributed by atoms with E-state index in [1.165, 1.54) is 34.4 Å². The average Bonchev–Trinajstić information content (AvgIpc) is 4.20. The molecule has 5 unspecified atom stereocenters. The smallest absolute Gasteiger partial charge is 0.347 e. The Morgan fingerprint density at radius 3 is 1.41 bits per heavy atom. The van der Waals surface area contributed by atoms with Crippen LogP contribution in [0.5, 0.6) is 0 Å². The van der Waals surface area contributed by atoms with Gasteiger partial charge in [0.1, 0.15) is 49.3 Å². The maximum atomic E-state index is 13.4. The van der Waals surface area contributed by atoms with Crippen molar-refractivity contribution in [3.05, 3.63) is 97.1 Å². The first kappa shape index (κ1) is 46.8. The van der Waals surface area contributed by atoms with Gasteiger partial charge in [-0.2, -0.15) is 4.31 Å². The van der Waals surface area contributed by atoms with Crippen molar-refractivity contribution in [1.29, 1.82) is 0 Å². The normalized spacial score (nSPS) is 27.9. The van der Waals surface area contributed by atoms with Crippen molar-refractivity contribution in [2.45, 2.75) is 75.5 Å². The fourth-order valence-electron chi connectivity index (χ4n) is 8.32. The molecule has 364 valence electrons. The molecule has 0 spiro atoms. The number of carbonyl (C=O) groups excluding carboxylic acids is 2. The number of hydrogen-bond donors (Lipinski definition) is 6. The molecule has 4 saturated heterocycles. The van der Waals surface area contributed by atoms with Crippen LogP contribution in [0, 0.1) is 0 Å². The number of amides is 4. The van der Waals surface area contributed by atoms with Gasteiger partial charge in [-0.3, -0.25) is 28.8 Å². The molecule has 6 N–H and O–H groups in total. The van der Waals surface area contributed by atoms with E-state index < -0.39 is 103 Å². The molecule has 69 heavy (non-hydrogen) atoms. The Morgan fingerprint density at radius 2 is 1.00 bits per heavy atom. The number of aromatic nitrogens is 8. The van der Waals surface area contributed by atoms with E-state index in [1.807, 2.05) is 12.1 Å². The summed E-state index contributed by atoms with van der Waals surface area (Å²) in [6.45, 7) is 2.86. The molecule has 6 aromatic rings. The molecule has 4 fully saturated rings. The Bertz CT molecular complexity index is 2730. The molecule has 2 aromatic carbocycles. The highest BCUT2D eigenvalue weighted by atomic mass is 31.3. The van der Waals surface area contributed by atoms with Crippen molar-refractivity contribution < 1.29 is 70.3 Å². The molecular formula is C40H44N12O15P2. The minimum Gasteiger partial charge on any atom is -0.347 e. The van der Waals surface area contributed by atoms with E-state index in [1.54, 1.807) is 62.4 Å². The monoisotopic (exact) mass is 994 g/mol. The number of phosphoric acid groups is 2. The molecule has 4 aromatic heterocycles. The summed E-state index contributed by atoms with van der Waals surface area (Å²) in [5, 5.41) is 10.5. The van der Waals surface area contributed by atoms with Crippen molar-refractivity contribution in [1.82, 2.24) is 49.7 Å². The number of nitrogens with zero attached hydrogens (tertiary/aromatic N) is 8. The van der Waals surface area contributed by atoms with E-state index in [4.69, 9.17) is 41.8 Å². The molecule has 0 saturated carbocycles. The van der Waals surface area contributed by atoms with Crippen LogP contribution in [0.4, 0.5) is 21.2 Å². The number of rotatable bonds is 16. The van der Waals surface area contributed by atoms with Gasteiger partial charge in [-0.15, -0.1) is 0 Å². The number of carbonyl (C=O) groups is 2. The fraction of sp³-hybridized carbons (Fsp3) is 0.400. The topological polar surface area (TPSA) is 327 Å². The van der Waals surface area contributed by atoms with Crippen LogP contribution in [0.25, 0.3) is 22.3 Å². The van der Waals surface area contributed by atoms with Gasteiger partial charge in [-0.25, -0.2) is 48.6 Å². The van der Waals surface area contributed by atoms with E-state index in [0.717, 1.165) is 0 Å². The summed E-state index contributed by atoms with van der Waals surface area (Å²) in [5.41, 5.74) is 2.32. The van der Waals surface area contributed by atoms with E-state index in [2.05, 4.69) is 51.2 Å². The van der Waals surface area contributed by atoms with Gasteiger partial charge < -0.3 is 48.8 Å². The molecular weight excluding hydrogens is 950 g/mol. The Hall–Kier alpha value is -5.90. The lowest BCUT2D eigenvalue weighted by Crippen LogP contribution is -2.32. The molecule has 4 aliphatic heterocycles. The summed E-state index contributed by atoms with van der Waals surface area (Å²) in [5.74, 6) is 0.255.